The third-order valence-corrected chi connectivity index (χ3v) is 4.37. The van der Waals surface area contributed by atoms with Crippen LogP contribution in [-0.4, -0.2) is 38.7 Å². The average Bonchev–Trinajstić information content (AvgIpc) is 3.30. The highest BCUT2D eigenvalue weighted by molar-refractivity contribution is 6.00. The van der Waals surface area contributed by atoms with Gasteiger partial charge >= 0.3 is 0 Å². The molecule has 0 bridgehead atoms. The Labute approximate surface area is 185 Å². The van der Waals surface area contributed by atoms with Gasteiger partial charge in [-0.1, -0.05) is 29.4 Å². The van der Waals surface area contributed by atoms with Crippen molar-refractivity contribution in [3.8, 4) is 11.4 Å². The van der Waals surface area contributed by atoms with Crippen molar-refractivity contribution in [2.45, 2.75) is 32.9 Å². The Morgan fingerprint density at radius 1 is 1.28 bits per heavy atom. The van der Waals surface area contributed by atoms with Crippen LogP contribution in [-0.2, 0) is 16.9 Å². The Morgan fingerprint density at radius 3 is 2.75 bits per heavy atom. The van der Waals surface area contributed by atoms with Crippen molar-refractivity contribution >= 4 is 18.5 Å². The number of carbonyl (C=O) groups excluding carboxylic acids is 1. The van der Waals surface area contributed by atoms with E-state index in [1.54, 1.807) is 39.1 Å². The lowest BCUT2D eigenvalue weighted by molar-refractivity contribution is -0.117. The Hall–Kier alpha value is -3.98. The molecule has 0 aliphatic carbocycles. The summed E-state index contributed by atoms with van der Waals surface area (Å²) in [6.45, 7) is 8.60. The van der Waals surface area contributed by atoms with Gasteiger partial charge in [0.2, 0.25) is 11.7 Å². The normalized spacial score (nSPS) is 12.5. The lowest BCUT2D eigenvalue weighted by Gasteiger charge is -2.09. The summed E-state index contributed by atoms with van der Waals surface area (Å²) >= 11 is 0. The number of amidine groups is 1. The highest BCUT2D eigenvalue weighted by Crippen LogP contribution is 2.22. The molecule has 2 aromatic heterocycles. The molecule has 0 fully saturated rings. The first-order valence-corrected chi connectivity index (χ1v) is 9.84. The molecule has 2 N–H and O–H groups in total. The van der Waals surface area contributed by atoms with Crippen molar-refractivity contribution in [2.24, 2.45) is 9.98 Å². The van der Waals surface area contributed by atoms with Gasteiger partial charge < -0.3 is 14.9 Å². The minimum absolute atomic E-state index is 0.131. The van der Waals surface area contributed by atoms with Gasteiger partial charge in [0.15, 0.2) is 5.84 Å². The van der Waals surface area contributed by atoms with Crippen molar-refractivity contribution in [2.75, 3.05) is 0 Å². The predicted octanol–water partition coefficient (Wildman–Crippen LogP) is 3.03. The van der Waals surface area contributed by atoms with E-state index in [0.717, 1.165) is 5.56 Å². The fraction of sp³-hybridized carbons (Fsp3) is 0.217. The maximum absolute atomic E-state index is 12.4. The average molecular weight is 432 g/mol. The zero-order valence-electron chi connectivity index (χ0n) is 18.1. The number of carbonyl (C=O) groups is 1. The highest BCUT2D eigenvalue weighted by Gasteiger charge is 2.24. The second-order valence-corrected chi connectivity index (χ2v) is 7.50. The number of hydrogen-bond donors (Lipinski definition) is 2. The summed E-state index contributed by atoms with van der Waals surface area (Å²) < 4.78 is 5.12. The van der Waals surface area contributed by atoms with E-state index in [4.69, 9.17) is 4.52 Å². The molecule has 1 amide bonds. The summed E-state index contributed by atoms with van der Waals surface area (Å²) in [5, 5.41) is 16.7. The largest absolute Gasteiger partial charge is 0.381 e. The number of nitrogens with one attached hydrogen (secondary N) is 1. The van der Waals surface area contributed by atoms with Crippen molar-refractivity contribution in [3.63, 3.8) is 0 Å². The number of pyridine rings is 1. The molecule has 2 heterocycles. The Kier molecular flexibility index (Phi) is 7.01. The lowest BCUT2D eigenvalue weighted by atomic mass is 10.1. The number of amides is 1. The van der Waals surface area contributed by atoms with Gasteiger partial charge in [0.1, 0.15) is 11.3 Å². The van der Waals surface area contributed by atoms with Crippen LogP contribution in [0.5, 0.6) is 0 Å². The first-order chi connectivity index (χ1) is 15.3. The molecule has 1 aromatic carbocycles. The van der Waals surface area contributed by atoms with Crippen LogP contribution in [0.3, 0.4) is 0 Å². The maximum Gasteiger partial charge on any atom is 0.258 e. The first-order valence-electron chi connectivity index (χ1n) is 9.84. The second-order valence-electron chi connectivity index (χ2n) is 7.50. The quantitative estimate of drug-likeness (QED) is 0.336. The van der Waals surface area contributed by atoms with Gasteiger partial charge in [0.25, 0.3) is 5.89 Å². The molecule has 0 atom stereocenters. The molecule has 3 rings (SSSR count). The lowest BCUT2D eigenvalue weighted by Crippen LogP contribution is -2.23. The van der Waals surface area contributed by atoms with E-state index in [2.05, 4.69) is 37.1 Å². The van der Waals surface area contributed by atoms with E-state index in [1.165, 1.54) is 6.20 Å². The standard InChI is InChI=1S/C23H24N6O3/c1-15(13-26-20(24-4)18-10-5-6-11-25-18)21(30)27-14-16-8-7-9-17(12-16)19-28-22(32-29-19)23(2,3)31/h5-13,31H,4,14H2,1-3H3,(H,27,30)/b15-13+,26-20?. The van der Waals surface area contributed by atoms with E-state index in [0.29, 0.717) is 35.0 Å². The molecule has 32 heavy (non-hydrogen) atoms. The summed E-state index contributed by atoms with van der Waals surface area (Å²) in [6, 6.07) is 12.7. The molecule has 0 spiro atoms. The van der Waals surface area contributed by atoms with E-state index < -0.39 is 5.60 Å². The van der Waals surface area contributed by atoms with Crippen molar-refractivity contribution < 1.29 is 14.4 Å². The van der Waals surface area contributed by atoms with Crippen molar-refractivity contribution in [3.05, 3.63) is 77.6 Å². The second kappa shape index (κ2) is 9.88. The van der Waals surface area contributed by atoms with Crippen LogP contribution in [0.15, 0.2) is 74.9 Å². The van der Waals surface area contributed by atoms with E-state index in [1.807, 2.05) is 30.3 Å². The van der Waals surface area contributed by atoms with Gasteiger partial charge in [0, 0.05) is 30.1 Å². The third kappa shape index (κ3) is 5.79. The number of benzene rings is 1. The number of aliphatic hydroxyl groups is 1. The molecule has 164 valence electrons. The molecule has 9 heteroatoms. The predicted molar refractivity (Wildman–Crippen MR) is 121 cm³/mol. The van der Waals surface area contributed by atoms with Gasteiger partial charge in [-0.3, -0.25) is 9.78 Å². The summed E-state index contributed by atoms with van der Waals surface area (Å²) in [7, 11) is 0. The van der Waals surface area contributed by atoms with Gasteiger partial charge in [0.05, 0.1) is 0 Å². The summed E-state index contributed by atoms with van der Waals surface area (Å²) in [5.74, 6) is 0.551. The smallest absolute Gasteiger partial charge is 0.258 e. The minimum Gasteiger partial charge on any atom is -0.381 e. The Bertz CT molecular complexity index is 1160. The van der Waals surface area contributed by atoms with Crippen LogP contribution in [0.1, 0.15) is 37.9 Å². The van der Waals surface area contributed by atoms with E-state index in [-0.39, 0.29) is 11.8 Å². The van der Waals surface area contributed by atoms with Crippen LogP contribution in [0.25, 0.3) is 11.4 Å². The van der Waals surface area contributed by atoms with E-state index >= 15 is 0 Å². The summed E-state index contributed by atoms with van der Waals surface area (Å²) in [4.78, 5) is 28.9. The monoisotopic (exact) mass is 432 g/mol. The molecule has 9 nitrogen and oxygen atoms in total. The Morgan fingerprint density at radius 2 is 2.09 bits per heavy atom. The van der Waals surface area contributed by atoms with Crippen molar-refractivity contribution in [1.29, 1.82) is 0 Å². The highest BCUT2D eigenvalue weighted by atomic mass is 16.5. The van der Waals surface area contributed by atoms with Gasteiger partial charge in [-0.15, -0.1) is 0 Å². The number of aromatic nitrogens is 3. The van der Waals surface area contributed by atoms with Gasteiger partial charge in [-0.25, -0.2) is 9.98 Å². The maximum atomic E-state index is 12.4. The molecule has 0 unspecified atom stereocenters. The molecular formula is C23H24N6O3. The SMILES string of the molecule is C=NC(=N/C=C(\C)C(=O)NCc1cccc(-c2noc(C(C)(C)O)n2)c1)c1ccccn1. The topological polar surface area (TPSA) is 126 Å². The van der Waals surface area contributed by atoms with Crippen LogP contribution in [0.2, 0.25) is 0 Å². The third-order valence-electron chi connectivity index (χ3n) is 4.37. The van der Waals surface area contributed by atoms with Crippen LogP contribution < -0.4 is 5.32 Å². The zero-order valence-corrected chi connectivity index (χ0v) is 18.1. The van der Waals surface area contributed by atoms with E-state index in [9.17, 15) is 9.90 Å². The fourth-order valence-electron chi connectivity index (χ4n) is 2.63. The van der Waals surface area contributed by atoms with Gasteiger partial charge in [-0.05, 0) is 51.3 Å². The molecule has 0 aliphatic heterocycles. The summed E-state index contributed by atoms with van der Waals surface area (Å²) in [6.07, 6.45) is 3.06. The molecule has 0 radical (unpaired) electrons. The molecular weight excluding hydrogens is 408 g/mol. The fourth-order valence-corrected chi connectivity index (χ4v) is 2.63. The molecule has 3 aromatic rings. The number of hydrogen-bond acceptors (Lipinski definition) is 7. The van der Waals surface area contributed by atoms with Crippen molar-refractivity contribution in [1.82, 2.24) is 20.4 Å². The number of rotatable bonds is 7. The molecule has 0 saturated heterocycles. The Balaban J connectivity index is 1.66. The van der Waals surface area contributed by atoms with Crippen LogP contribution in [0.4, 0.5) is 0 Å². The zero-order chi connectivity index (χ0) is 23.1. The van der Waals surface area contributed by atoms with Crippen LogP contribution >= 0.6 is 0 Å². The van der Waals surface area contributed by atoms with Crippen LogP contribution in [0, 0.1) is 0 Å². The van der Waals surface area contributed by atoms with Gasteiger partial charge in [-0.2, -0.15) is 4.98 Å². The number of aliphatic imine (C=N–C) groups is 2. The summed E-state index contributed by atoms with van der Waals surface area (Å²) in [5.41, 5.74) is 1.32. The number of nitrogens with zero attached hydrogens (tertiary/aromatic N) is 5. The first kappa shape index (κ1) is 22.7. The molecule has 0 saturated carbocycles. The minimum atomic E-state index is -1.22. The molecule has 0 aliphatic rings.